The second kappa shape index (κ2) is 2.81. The van der Waals surface area contributed by atoms with Gasteiger partial charge in [-0.05, 0) is 12.0 Å². The fraction of sp³-hybridized carbons (Fsp3) is 0.364. The number of cyclic esters (lactones) is 1. The molecule has 0 N–H and O–H groups in total. The summed E-state index contributed by atoms with van der Waals surface area (Å²) in [5.74, 6) is 0.0767. The smallest absolute Gasteiger partial charge is 0.317 e. The number of nitro benzene ring substituents is 1. The average Bonchev–Trinajstić information content (AvgIpc) is 2.94. The maximum atomic E-state index is 11.6. The minimum absolute atomic E-state index is 0.0451. The van der Waals surface area contributed by atoms with E-state index in [1.54, 1.807) is 12.1 Å². The minimum Gasteiger partial charge on any atom is -0.465 e. The summed E-state index contributed by atoms with van der Waals surface area (Å²) in [6, 6.07) is 6.19. The number of hydrogen-bond donors (Lipinski definition) is 0. The molecule has 1 heterocycles. The number of fused-ring (bicyclic) bond motifs is 1. The van der Waals surface area contributed by atoms with Crippen molar-refractivity contribution in [2.45, 2.75) is 11.8 Å². The summed E-state index contributed by atoms with van der Waals surface area (Å²) in [6.07, 6.45) is 0.809. The van der Waals surface area contributed by atoms with Gasteiger partial charge in [0.05, 0.1) is 16.9 Å². The molecular weight excluding hydrogens is 210 g/mol. The fourth-order valence-corrected chi connectivity index (χ4v) is 2.44. The second-order valence-corrected chi connectivity index (χ2v) is 4.27. The highest BCUT2D eigenvalue weighted by Crippen LogP contribution is 2.59. The van der Waals surface area contributed by atoms with Crippen LogP contribution in [0.15, 0.2) is 24.3 Å². The Bertz CT molecular complexity index is 481. The zero-order valence-corrected chi connectivity index (χ0v) is 8.38. The molecule has 1 aromatic carbocycles. The first-order valence-electron chi connectivity index (χ1n) is 5.07. The molecule has 1 saturated carbocycles. The van der Waals surface area contributed by atoms with Crippen LogP contribution >= 0.6 is 0 Å². The van der Waals surface area contributed by atoms with Gasteiger partial charge in [0.1, 0.15) is 0 Å². The van der Waals surface area contributed by atoms with Crippen molar-refractivity contribution in [2.75, 3.05) is 6.61 Å². The molecule has 1 aliphatic heterocycles. The van der Waals surface area contributed by atoms with Gasteiger partial charge in [-0.2, -0.15) is 0 Å². The van der Waals surface area contributed by atoms with Crippen LogP contribution in [0.3, 0.4) is 0 Å². The van der Waals surface area contributed by atoms with Crippen molar-refractivity contribution in [2.24, 2.45) is 5.92 Å². The lowest BCUT2D eigenvalue weighted by Crippen LogP contribution is -2.18. The summed E-state index contributed by atoms with van der Waals surface area (Å²) in [7, 11) is 0. The third-order valence-electron chi connectivity index (χ3n) is 3.48. The molecule has 1 aromatic rings. The Morgan fingerprint density at radius 1 is 1.38 bits per heavy atom. The van der Waals surface area contributed by atoms with Crippen LogP contribution in [0.5, 0.6) is 0 Å². The monoisotopic (exact) mass is 219 g/mol. The van der Waals surface area contributed by atoms with E-state index in [-0.39, 0.29) is 17.6 Å². The maximum absolute atomic E-state index is 11.6. The first-order valence-corrected chi connectivity index (χ1v) is 5.07. The number of nitro groups is 1. The normalized spacial score (nSPS) is 30.8. The van der Waals surface area contributed by atoms with Crippen molar-refractivity contribution in [3.63, 3.8) is 0 Å². The number of carbonyl (C=O) groups excluding carboxylic acids is 1. The van der Waals surface area contributed by atoms with Crippen molar-refractivity contribution in [3.05, 3.63) is 39.9 Å². The Balaban J connectivity index is 1.97. The molecule has 2 unspecified atom stereocenters. The predicted molar refractivity (Wildman–Crippen MR) is 53.8 cm³/mol. The van der Waals surface area contributed by atoms with Gasteiger partial charge in [0.25, 0.3) is 5.69 Å². The lowest BCUT2D eigenvalue weighted by atomic mass is 9.94. The van der Waals surface area contributed by atoms with Gasteiger partial charge in [-0.3, -0.25) is 14.9 Å². The van der Waals surface area contributed by atoms with Crippen molar-refractivity contribution in [1.82, 2.24) is 0 Å². The van der Waals surface area contributed by atoms with E-state index in [0.717, 1.165) is 12.0 Å². The molecule has 2 aliphatic rings. The lowest BCUT2D eigenvalue weighted by Gasteiger charge is -2.08. The Morgan fingerprint density at radius 2 is 2.06 bits per heavy atom. The largest absolute Gasteiger partial charge is 0.465 e. The van der Waals surface area contributed by atoms with Crippen molar-refractivity contribution < 1.29 is 14.5 Å². The van der Waals surface area contributed by atoms with Crippen LogP contribution in [0, 0.1) is 16.0 Å². The maximum Gasteiger partial charge on any atom is 0.317 e. The standard InChI is InChI=1S/C11H9NO4/c13-10-11(5-8(11)6-16-10)7-1-3-9(4-2-7)12(14)15/h1-4,8H,5-6H2. The highest BCUT2D eigenvalue weighted by molar-refractivity contribution is 5.89. The third kappa shape index (κ3) is 1.02. The molecule has 16 heavy (non-hydrogen) atoms. The van der Waals surface area contributed by atoms with Crippen LogP contribution in [0.1, 0.15) is 12.0 Å². The Morgan fingerprint density at radius 3 is 2.50 bits per heavy atom. The van der Waals surface area contributed by atoms with Crippen LogP contribution in [-0.4, -0.2) is 17.5 Å². The van der Waals surface area contributed by atoms with E-state index in [1.165, 1.54) is 12.1 Å². The molecule has 0 amide bonds. The molecule has 0 radical (unpaired) electrons. The molecule has 5 heteroatoms. The van der Waals surface area contributed by atoms with Gasteiger partial charge in [-0.25, -0.2) is 0 Å². The molecule has 1 aliphatic carbocycles. The van der Waals surface area contributed by atoms with E-state index in [2.05, 4.69) is 0 Å². The molecule has 3 rings (SSSR count). The van der Waals surface area contributed by atoms with E-state index in [1.807, 2.05) is 0 Å². The summed E-state index contributed by atoms with van der Waals surface area (Å²) in [4.78, 5) is 21.7. The van der Waals surface area contributed by atoms with Gasteiger partial charge in [0.2, 0.25) is 0 Å². The van der Waals surface area contributed by atoms with Crippen LogP contribution in [0.4, 0.5) is 5.69 Å². The van der Waals surface area contributed by atoms with Crippen LogP contribution in [0.2, 0.25) is 0 Å². The highest BCUT2D eigenvalue weighted by Gasteiger charge is 2.66. The number of non-ortho nitro benzene ring substituents is 1. The molecule has 0 aromatic heterocycles. The summed E-state index contributed by atoms with van der Waals surface area (Å²) >= 11 is 0. The summed E-state index contributed by atoms with van der Waals surface area (Å²) < 4.78 is 4.98. The number of carbonyl (C=O) groups is 1. The number of nitrogens with zero attached hydrogens (tertiary/aromatic N) is 1. The molecule has 1 saturated heterocycles. The van der Waals surface area contributed by atoms with E-state index in [4.69, 9.17) is 4.74 Å². The molecular formula is C11H9NO4. The van der Waals surface area contributed by atoms with E-state index >= 15 is 0 Å². The number of benzene rings is 1. The fourth-order valence-electron chi connectivity index (χ4n) is 2.44. The van der Waals surface area contributed by atoms with E-state index < -0.39 is 10.3 Å². The molecule has 2 fully saturated rings. The Kier molecular flexibility index (Phi) is 1.64. The van der Waals surface area contributed by atoms with E-state index in [9.17, 15) is 14.9 Å². The van der Waals surface area contributed by atoms with Crippen LogP contribution in [0.25, 0.3) is 0 Å². The molecule has 5 nitrogen and oxygen atoms in total. The Labute approximate surface area is 91.2 Å². The van der Waals surface area contributed by atoms with Gasteiger partial charge in [0.15, 0.2) is 0 Å². The van der Waals surface area contributed by atoms with Crippen LogP contribution < -0.4 is 0 Å². The van der Waals surface area contributed by atoms with Gasteiger partial charge in [-0.1, -0.05) is 12.1 Å². The summed E-state index contributed by atoms with van der Waals surface area (Å²) in [6.45, 7) is 0.482. The molecule has 0 spiro atoms. The summed E-state index contributed by atoms with van der Waals surface area (Å²) in [5.41, 5.74) is 0.393. The van der Waals surface area contributed by atoms with Crippen molar-refractivity contribution >= 4 is 11.7 Å². The van der Waals surface area contributed by atoms with Gasteiger partial charge in [-0.15, -0.1) is 0 Å². The zero-order chi connectivity index (χ0) is 11.3. The van der Waals surface area contributed by atoms with E-state index in [0.29, 0.717) is 6.61 Å². The average molecular weight is 219 g/mol. The van der Waals surface area contributed by atoms with Crippen molar-refractivity contribution in [1.29, 1.82) is 0 Å². The van der Waals surface area contributed by atoms with Gasteiger partial charge < -0.3 is 4.74 Å². The lowest BCUT2D eigenvalue weighted by molar-refractivity contribution is -0.384. The quantitative estimate of drug-likeness (QED) is 0.428. The second-order valence-electron chi connectivity index (χ2n) is 4.27. The first kappa shape index (κ1) is 9.33. The summed E-state index contributed by atoms with van der Waals surface area (Å²) in [5, 5.41) is 10.5. The number of esters is 1. The van der Waals surface area contributed by atoms with Gasteiger partial charge >= 0.3 is 5.97 Å². The topological polar surface area (TPSA) is 69.4 Å². The highest BCUT2D eigenvalue weighted by atomic mass is 16.6. The molecule has 82 valence electrons. The molecule has 2 atom stereocenters. The van der Waals surface area contributed by atoms with Gasteiger partial charge in [0, 0.05) is 18.1 Å². The SMILES string of the molecule is O=C1OCC2CC12c1ccc([N+](=O)[O-])cc1. The zero-order valence-electron chi connectivity index (χ0n) is 8.38. The first-order chi connectivity index (χ1) is 7.64. The number of hydrogen-bond acceptors (Lipinski definition) is 4. The predicted octanol–water partition coefficient (Wildman–Crippen LogP) is 1.41. The number of rotatable bonds is 2. The third-order valence-corrected chi connectivity index (χ3v) is 3.48. The van der Waals surface area contributed by atoms with Crippen molar-refractivity contribution in [3.8, 4) is 0 Å². The number of ether oxygens (including phenoxy) is 1. The Hall–Kier alpha value is -1.91. The minimum atomic E-state index is -0.491. The molecule has 0 bridgehead atoms. The van der Waals surface area contributed by atoms with Crippen LogP contribution in [-0.2, 0) is 14.9 Å².